The fourth-order valence-electron chi connectivity index (χ4n) is 5.78. The summed E-state index contributed by atoms with van der Waals surface area (Å²) in [5.41, 5.74) is 4.86. The molecule has 1 amide bonds. The molecule has 5 aromatic rings. The fourth-order valence-corrected chi connectivity index (χ4v) is 6.73. The Bertz CT molecular complexity index is 1980. The van der Waals surface area contributed by atoms with E-state index in [1.807, 2.05) is 60.8 Å². The SMILES string of the molecule is C=CC(=O)N1CCc2ncc(-c3nc(-c4cccc(OCCN(C)C)c4)c4ccsc4c3-c3c(F)cc(F)cc3OCCOC)cc2C1. The summed E-state index contributed by atoms with van der Waals surface area (Å²) in [6, 6.07) is 13.7. The first-order valence-electron chi connectivity index (χ1n) is 15.6. The number of methoxy groups -OCH3 is 1. The van der Waals surface area contributed by atoms with E-state index < -0.39 is 11.6 Å². The molecule has 11 heteroatoms. The number of hydrogen-bond donors (Lipinski definition) is 0. The molecule has 0 saturated carbocycles. The molecule has 1 aliphatic heterocycles. The standard InChI is InChI=1S/C37H36F2N4O4S/c1-5-32(44)43-11-9-30-25(22-43)17-24(21-40-30)36-34(33-29(39)19-26(38)20-31(33)47-15-14-45-4)37-28(10-16-48-37)35(41-36)23-7-6-8-27(18-23)46-13-12-42(2)3/h5-8,10,16-21H,1,9,11-15,22H2,2-4H3. The summed E-state index contributed by atoms with van der Waals surface area (Å²) in [4.78, 5) is 26.3. The summed E-state index contributed by atoms with van der Waals surface area (Å²) < 4.78 is 48.6. The van der Waals surface area contributed by atoms with Crippen molar-refractivity contribution in [2.75, 3.05) is 54.1 Å². The van der Waals surface area contributed by atoms with E-state index in [1.54, 1.807) is 11.1 Å². The molecule has 0 atom stereocenters. The van der Waals surface area contributed by atoms with E-state index >= 15 is 4.39 Å². The third-order valence-electron chi connectivity index (χ3n) is 8.14. The summed E-state index contributed by atoms with van der Waals surface area (Å²) in [5.74, 6) is -0.958. The fraction of sp³-hybridized carbons (Fsp3) is 0.270. The number of thiophene rings is 1. The average Bonchev–Trinajstić information content (AvgIpc) is 3.57. The van der Waals surface area contributed by atoms with Crippen molar-refractivity contribution in [1.29, 1.82) is 0 Å². The summed E-state index contributed by atoms with van der Waals surface area (Å²) >= 11 is 1.43. The van der Waals surface area contributed by atoms with Crippen LogP contribution in [0, 0.1) is 11.6 Å². The highest BCUT2D eigenvalue weighted by Crippen LogP contribution is 2.47. The molecular formula is C37H36F2N4O4S. The molecule has 0 aliphatic carbocycles. The van der Waals surface area contributed by atoms with E-state index in [4.69, 9.17) is 24.2 Å². The van der Waals surface area contributed by atoms with E-state index in [0.29, 0.717) is 54.4 Å². The highest BCUT2D eigenvalue weighted by Gasteiger charge is 2.27. The lowest BCUT2D eigenvalue weighted by atomic mass is 9.94. The minimum atomic E-state index is -0.780. The summed E-state index contributed by atoms with van der Waals surface area (Å²) in [6.07, 6.45) is 3.63. The molecule has 1 aliphatic rings. The molecule has 0 bridgehead atoms. The second-order valence-corrected chi connectivity index (χ2v) is 12.6. The van der Waals surface area contributed by atoms with Crippen molar-refractivity contribution in [2.45, 2.75) is 13.0 Å². The van der Waals surface area contributed by atoms with Crippen LogP contribution in [0.4, 0.5) is 8.78 Å². The van der Waals surface area contributed by atoms with Gasteiger partial charge in [-0.2, -0.15) is 0 Å². The molecule has 8 nitrogen and oxygen atoms in total. The number of ether oxygens (including phenoxy) is 3. The normalized spacial score (nSPS) is 12.8. The lowest BCUT2D eigenvalue weighted by molar-refractivity contribution is -0.126. The van der Waals surface area contributed by atoms with Crippen LogP contribution in [0.25, 0.3) is 43.7 Å². The first-order chi connectivity index (χ1) is 23.3. The van der Waals surface area contributed by atoms with Crippen LogP contribution in [0.3, 0.4) is 0 Å². The van der Waals surface area contributed by atoms with E-state index in [-0.39, 0.29) is 30.4 Å². The predicted octanol–water partition coefficient (Wildman–Crippen LogP) is 7.01. The molecule has 0 fully saturated rings. The van der Waals surface area contributed by atoms with Gasteiger partial charge in [0.05, 0.1) is 23.6 Å². The molecule has 4 heterocycles. The third kappa shape index (κ3) is 6.94. The van der Waals surface area contributed by atoms with Crippen LogP contribution < -0.4 is 9.47 Å². The highest BCUT2D eigenvalue weighted by molar-refractivity contribution is 7.18. The zero-order valence-corrected chi connectivity index (χ0v) is 27.9. The zero-order valence-electron chi connectivity index (χ0n) is 27.1. The van der Waals surface area contributed by atoms with Crippen LogP contribution in [0.1, 0.15) is 11.3 Å². The number of fused-ring (bicyclic) bond motifs is 2. The lowest BCUT2D eigenvalue weighted by Gasteiger charge is -2.27. The van der Waals surface area contributed by atoms with Gasteiger partial charge in [0, 0.05) is 84.0 Å². The number of aromatic nitrogens is 2. The van der Waals surface area contributed by atoms with Crippen LogP contribution in [-0.2, 0) is 22.5 Å². The molecule has 0 unspecified atom stereocenters. The van der Waals surface area contributed by atoms with Gasteiger partial charge in [0.1, 0.15) is 36.3 Å². The molecule has 0 radical (unpaired) electrons. The van der Waals surface area contributed by atoms with Crippen LogP contribution >= 0.6 is 11.3 Å². The topological polar surface area (TPSA) is 77.0 Å². The molecule has 6 rings (SSSR count). The largest absolute Gasteiger partial charge is 0.492 e. The van der Waals surface area contributed by atoms with Crippen molar-refractivity contribution in [3.63, 3.8) is 0 Å². The van der Waals surface area contributed by atoms with E-state index in [0.717, 1.165) is 39.5 Å². The Hall–Kier alpha value is -4.71. The molecule has 0 N–H and O–H groups in total. The number of pyridine rings is 2. The Labute approximate surface area is 282 Å². The van der Waals surface area contributed by atoms with Crippen molar-refractivity contribution in [1.82, 2.24) is 19.8 Å². The number of nitrogens with zero attached hydrogens (tertiary/aromatic N) is 4. The Morgan fingerprint density at radius 2 is 1.90 bits per heavy atom. The Morgan fingerprint density at radius 1 is 1.04 bits per heavy atom. The average molecular weight is 671 g/mol. The van der Waals surface area contributed by atoms with Crippen LogP contribution in [0.2, 0.25) is 0 Å². The maximum absolute atomic E-state index is 16.1. The van der Waals surface area contributed by atoms with E-state index in [9.17, 15) is 9.18 Å². The third-order valence-corrected chi connectivity index (χ3v) is 9.07. The molecule has 2 aromatic carbocycles. The molecule has 248 valence electrons. The maximum Gasteiger partial charge on any atom is 0.246 e. The van der Waals surface area contributed by atoms with Crippen LogP contribution in [-0.4, -0.2) is 79.8 Å². The summed E-state index contributed by atoms with van der Waals surface area (Å²) in [6.45, 7) is 6.13. The first kappa shape index (κ1) is 33.2. The van der Waals surface area contributed by atoms with Gasteiger partial charge in [0.25, 0.3) is 0 Å². The van der Waals surface area contributed by atoms with Gasteiger partial charge < -0.3 is 24.0 Å². The molecule has 3 aromatic heterocycles. The predicted molar refractivity (Wildman–Crippen MR) is 184 cm³/mol. The van der Waals surface area contributed by atoms with Crippen LogP contribution in [0.15, 0.2) is 72.8 Å². The van der Waals surface area contributed by atoms with Crippen molar-refractivity contribution in [2.24, 2.45) is 0 Å². The first-order valence-corrected chi connectivity index (χ1v) is 16.4. The van der Waals surface area contributed by atoms with Crippen LogP contribution in [0.5, 0.6) is 11.5 Å². The van der Waals surface area contributed by atoms with Gasteiger partial charge in [-0.3, -0.25) is 9.78 Å². The van der Waals surface area contributed by atoms with E-state index in [1.165, 1.54) is 30.6 Å². The monoisotopic (exact) mass is 670 g/mol. The maximum atomic E-state index is 16.1. The smallest absolute Gasteiger partial charge is 0.246 e. The highest BCUT2D eigenvalue weighted by atomic mass is 32.1. The van der Waals surface area contributed by atoms with E-state index in [2.05, 4.69) is 6.58 Å². The lowest BCUT2D eigenvalue weighted by Crippen LogP contribution is -2.35. The Kier molecular flexibility index (Phi) is 10.1. The van der Waals surface area contributed by atoms with Gasteiger partial charge >= 0.3 is 0 Å². The summed E-state index contributed by atoms with van der Waals surface area (Å²) in [5, 5.41) is 2.72. The van der Waals surface area contributed by atoms with Crippen molar-refractivity contribution < 1.29 is 27.8 Å². The summed E-state index contributed by atoms with van der Waals surface area (Å²) in [7, 11) is 5.51. The molecule has 0 saturated heterocycles. The van der Waals surface area contributed by atoms with Gasteiger partial charge in [-0.1, -0.05) is 18.7 Å². The minimum absolute atomic E-state index is 0.0417. The number of benzene rings is 2. The quantitative estimate of drug-likeness (QED) is 0.104. The van der Waals surface area contributed by atoms with Crippen molar-refractivity contribution >= 4 is 27.3 Å². The number of rotatable bonds is 12. The Morgan fingerprint density at radius 3 is 2.69 bits per heavy atom. The minimum Gasteiger partial charge on any atom is -0.492 e. The number of carbonyl (C=O) groups is 1. The number of amides is 1. The Balaban J connectivity index is 1.57. The van der Waals surface area contributed by atoms with Crippen molar-refractivity contribution in [3.8, 4) is 45.1 Å². The second-order valence-electron chi connectivity index (χ2n) is 11.7. The second kappa shape index (κ2) is 14.6. The number of likely N-dealkylation sites (N-methyl/N-ethyl adjacent to an activating group) is 1. The number of hydrogen-bond acceptors (Lipinski definition) is 8. The zero-order chi connectivity index (χ0) is 33.8. The van der Waals surface area contributed by atoms with Gasteiger partial charge in [-0.25, -0.2) is 13.8 Å². The number of carbonyl (C=O) groups excluding carboxylic acids is 1. The van der Waals surface area contributed by atoms with Gasteiger partial charge in [0.2, 0.25) is 5.91 Å². The van der Waals surface area contributed by atoms with Gasteiger partial charge in [-0.05, 0) is 55.4 Å². The molecule has 0 spiro atoms. The van der Waals surface area contributed by atoms with Crippen molar-refractivity contribution in [3.05, 3.63) is 95.7 Å². The van der Waals surface area contributed by atoms with Gasteiger partial charge in [0.15, 0.2) is 0 Å². The number of halogens is 2. The van der Waals surface area contributed by atoms with Gasteiger partial charge in [-0.15, -0.1) is 11.3 Å². The molecular weight excluding hydrogens is 634 g/mol. The molecule has 48 heavy (non-hydrogen) atoms.